The van der Waals surface area contributed by atoms with Crippen molar-refractivity contribution < 1.29 is 14.0 Å². The molecule has 1 fully saturated rings. The zero-order valence-electron chi connectivity index (χ0n) is 19.8. The third-order valence-electron chi connectivity index (χ3n) is 6.16. The lowest BCUT2D eigenvalue weighted by atomic mass is 9.90. The van der Waals surface area contributed by atoms with Crippen LogP contribution in [0, 0.1) is 5.92 Å². The number of nitrogens with one attached hydrogen (secondary N) is 2. The van der Waals surface area contributed by atoms with Crippen LogP contribution in [0.15, 0.2) is 33.7 Å². The lowest BCUT2D eigenvalue weighted by Gasteiger charge is -2.16. The van der Waals surface area contributed by atoms with E-state index in [-0.39, 0.29) is 23.4 Å². The van der Waals surface area contributed by atoms with Gasteiger partial charge in [0.2, 0.25) is 5.24 Å². The van der Waals surface area contributed by atoms with E-state index in [4.69, 9.17) is 27.8 Å². The first kappa shape index (κ1) is 25.6. The summed E-state index contributed by atoms with van der Waals surface area (Å²) in [5.41, 5.74) is 2.88. The van der Waals surface area contributed by atoms with Crippen LogP contribution in [0.25, 0.3) is 22.1 Å². The van der Waals surface area contributed by atoms with Crippen molar-refractivity contribution in [2.24, 2.45) is 20.0 Å². The number of amides is 1. The number of rotatable bonds is 5. The molecule has 2 N–H and O–H groups in total. The molecule has 4 aromatic rings. The van der Waals surface area contributed by atoms with E-state index in [1.165, 1.54) is 34.8 Å². The van der Waals surface area contributed by atoms with Crippen molar-refractivity contribution in [1.29, 1.82) is 0 Å². The number of fused-ring (bicyclic) bond motifs is 2. The maximum Gasteiger partial charge on any atom is 0.419 e. The van der Waals surface area contributed by atoms with E-state index in [0.29, 0.717) is 28.0 Å². The number of oxazole rings is 1. The van der Waals surface area contributed by atoms with E-state index < -0.39 is 11.7 Å². The van der Waals surface area contributed by atoms with Crippen LogP contribution < -0.4 is 15.9 Å². The van der Waals surface area contributed by atoms with Crippen LogP contribution in [0.3, 0.4) is 0 Å². The largest absolute Gasteiger partial charge is 0.419 e. The van der Waals surface area contributed by atoms with Crippen molar-refractivity contribution in [3.63, 3.8) is 0 Å². The summed E-state index contributed by atoms with van der Waals surface area (Å²) in [6, 6.07) is 5.25. The Labute approximate surface area is 215 Å². The molecule has 1 aliphatic rings. The molecule has 11 nitrogen and oxygen atoms in total. The van der Waals surface area contributed by atoms with Crippen LogP contribution in [-0.2, 0) is 25.4 Å². The quantitative estimate of drug-likeness (QED) is 0.293. The molecule has 1 aromatic carbocycles. The molecule has 3 aromatic heterocycles. The van der Waals surface area contributed by atoms with Gasteiger partial charge in [-0.25, -0.2) is 19.4 Å². The summed E-state index contributed by atoms with van der Waals surface area (Å²) in [7, 11) is 3.30. The third-order valence-corrected chi connectivity index (χ3v) is 6.65. The second-order valence-corrected chi connectivity index (χ2v) is 9.10. The van der Waals surface area contributed by atoms with Crippen molar-refractivity contribution in [3.05, 3.63) is 46.3 Å². The summed E-state index contributed by atoms with van der Waals surface area (Å²) in [4.78, 5) is 45.4. The van der Waals surface area contributed by atoms with E-state index in [1.807, 2.05) is 0 Å². The minimum Gasteiger partial charge on any atom is -0.408 e. The van der Waals surface area contributed by atoms with E-state index in [2.05, 4.69) is 25.2 Å². The van der Waals surface area contributed by atoms with Gasteiger partial charge in [-0.1, -0.05) is 25.3 Å². The predicted octanol–water partition coefficient (Wildman–Crippen LogP) is 3.64. The molecule has 1 aliphatic carbocycles. The average molecular weight is 534 g/mol. The molecule has 0 saturated heterocycles. The van der Waals surface area contributed by atoms with Gasteiger partial charge in [-0.05, 0) is 42.1 Å². The Kier molecular flexibility index (Phi) is 7.90. The SMILES string of the molecule is Cn1nc2c(C(=O)NCc3ccc4oc(=O)n(C)c4c3)ncnc2c1NCl.O=C(Cl)C1CCCCC1. The highest BCUT2D eigenvalue weighted by atomic mass is 35.5. The fourth-order valence-corrected chi connectivity index (χ4v) is 4.58. The van der Waals surface area contributed by atoms with Crippen LogP contribution in [0.2, 0.25) is 0 Å². The zero-order chi connectivity index (χ0) is 25.8. The first-order chi connectivity index (χ1) is 17.3. The number of halogens is 2. The fraction of sp³-hybridized carbons (Fsp3) is 0.391. The van der Waals surface area contributed by atoms with Gasteiger partial charge in [0.15, 0.2) is 17.1 Å². The molecule has 36 heavy (non-hydrogen) atoms. The number of aromatic nitrogens is 5. The van der Waals surface area contributed by atoms with E-state index in [9.17, 15) is 14.4 Å². The Balaban J connectivity index is 0.000000286. The molecule has 1 saturated carbocycles. The van der Waals surface area contributed by atoms with Crippen LogP contribution >= 0.6 is 23.4 Å². The Morgan fingerprint density at radius 1 is 1.14 bits per heavy atom. The van der Waals surface area contributed by atoms with Gasteiger partial charge in [0.25, 0.3) is 5.91 Å². The average Bonchev–Trinajstić information content (AvgIpc) is 3.37. The summed E-state index contributed by atoms with van der Waals surface area (Å²) in [5.74, 6) is -0.189. The molecule has 1 amide bonds. The van der Waals surface area contributed by atoms with Gasteiger partial charge in [-0.2, -0.15) is 5.10 Å². The minimum absolute atomic E-state index is 0.130. The Hall–Kier alpha value is -3.44. The molecule has 0 aliphatic heterocycles. The highest BCUT2D eigenvalue weighted by Crippen LogP contribution is 2.25. The van der Waals surface area contributed by atoms with Crippen molar-refractivity contribution in [2.75, 3.05) is 4.84 Å². The molecule has 13 heteroatoms. The molecule has 0 bridgehead atoms. The maximum atomic E-state index is 12.6. The smallest absolute Gasteiger partial charge is 0.408 e. The highest BCUT2D eigenvalue weighted by Gasteiger charge is 2.20. The number of anilines is 1. The molecular formula is C23H25Cl2N7O4. The Morgan fingerprint density at radius 2 is 1.89 bits per heavy atom. The van der Waals surface area contributed by atoms with Crippen LogP contribution in [-0.4, -0.2) is 35.5 Å². The van der Waals surface area contributed by atoms with Gasteiger partial charge in [0, 0.05) is 38.3 Å². The first-order valence-electron chi connectivity index (χ1n) is 11.4. The number of aryl methyl sites for hydroxylation is 2. The molecule has 0 radical (unpaired) electrons. The van der Waals surface area contributed by atoms with Gasteiger partial charge >= 0.3 is 5.76 Å². The summed E-state index contributed by atoms with van der Waals surface area (Å²) < 4.78 is 7.99. The second-order valence-electron chi connectivity index (χ2n) is 8.54. The molecular weight excluding hydrogens is 509 g/mol. The van der Waals surface area contributed by atoms with Gasteiger partial charge in [-0.3, -0.25) is 19.0 Å². The topological polar surface area (TPSA) is 137 Å². The van der Waals surface area contributed by atoms with E-state index in [1.54, 1.807) is 32.3 Å². The molecule has 0 atom stereocenters. The molecule has 0 spiro atoms. The maximum absolute atomic E-state index is 12.6. The summed E-state index contributed by atoms with van der Waals surface area (Å²) >= 11 is 11.0. The van der Waals surface area contributed by atoms with Gasteiger partial charge < -0.3 is 9.73 Å². The zero-order valence-corrected chi connectivity index (χ0v) is 21.3. The fourth-order valence-electron chi connectivity index (χ4n) is 4.15. The number of carbonyl (C=O) groups excluding carboxylic acids is 2. The van der Waals surface area contributed by atoms with Crippen LogP contribution in [0.5, 0.6) is 0 Å². The minimum atomic E-state index is -0.437. The number of hydrogen-bond acceptors (Lipinski definition) is 8. The highest BCUT2D eigenvalue weighted by molar-refractivity contribution is 6.63. The molecule has 0 unspecified atom stereocenters. The standard InChI is InChI=1S/C16H14ClN7O3.C7H11ClO/c1-23-9-5-8(3-4-10(9)27-16(23)26)6-18-15(25)13-11-12(19-7-20-13)14(21-17)24(2)22-11;8-7(9)6-4-2-1-3-5-6/h3-5,7,21H,6H2,1-2H3,(H,18,25);6H,1-5H2. The summed E-state index contributed by atoms with van der Waals surface area (Å²) in [6.07, 6.45) is 6.96. The first-order valence-corrected chi connectivity index (χ1v) is 12.2. The number of carbonyl (C=O) groups is 2. The summed E-state index contributed by atoms with van der Waals surface area (Å²) in [6.45, 7) is 0.243. The van der Waals surface area contributed by atoms with Gasteiger partial charge in [-0.15, -0.1) is 0 Å². The monoisotopic (exact) mass is 533 g/mol. The van der Waals surface area contributed by atoms with Gasteiger partial charge in [0.05, 0.1) is 5.52 Å². The molecule has 5 rings (SSSR count). The lowest BCUT2D eigenvalue weighted by Crippen LogP contribution is -2.24. The van der Waals surface area contributed by atoms with E-state index in [0.717, 1.165) is 18.4 Å². The summed E-state index contributed by atoms with van der Waals surface area (Å²) in [5, 5.41) is 6.91. The third kappa shape index (κ3) is 5.36. The number of nitrogens with zero attached hydrogens (tertiary/aromatic N) is 5. The molecule has 3 heterocycles. The molecule has 190 valence electrons. The van der Waals surface area contributed by atoms with Crippen molar-refractivity contribution in [3.8, 4) is 0 Å². The van der Waals surface area contributed by atoms with Crippen molar-refractivity contribution >= 4 is 62.5 Å². The van der Waals surface area contributed by atoms with Crippen molar-refractivity contribution in [1.82, 2.24) is 29.6 Å². The van der Waals surface area contributed by atoms with Crippen LogP contribution in [0.1, 0.15) is 48.2 Å². The lowest BCUT2D eigenvalue weighted by molar-refractivity contribution is -0.115. The normalized spacial score (nSPS) is 13.9. The second kappa shape index (κ2) is 11.1. The number of benzene rings is 1. The van der Waals surface area contributed by atoms with E-state index >= 15 is 0 Å². The van der Waals surface area contributed by atoms with Crippen molar-refractivity contribution in [2.45, 2.75) is 38.6 Å². The Morgan fingerprint density at radius 3 is 2.56 bits per heavy atom. The predicted molar refractivity (Wildman–Crippen MR) is 136 cm³/mol. The van der Waals surface area contributed by atoms with Crippen LogP contribution in [0.4, 0.5) is 5.82 Å². The number of hydrogen-bond donors (Lipinski definition) is 2. The van der Waals surface area contributed by atoms with Gasteiger partial charge in [0.1, 0.15) is 17.4 Å². The Bertz CT molecular complexity index is 1470.